The molecule has 1 aromatic heterocycles. The summed E-state index contributed by atoms with van der Waals surface area (Å²) in [6.45, 7) is 1.64. The molecule has 3 nitrogen and oxygen atoms in total. The van der Waals surface area contributed by atoms with Gasteiger partial charge in [0, 0.05) is 29.1 Å². The Bertz CT molecular complexity index is 516. The predicted octanol–water partition coefficient (Wildman–Crippen LogP) is 2.42. The van der Waals surface area contributed by atoms with Crippen molar-refractivity contribution < 1.29 is 5.11 Å². The first-order chi connectivity index (χ1) is 8.22. The number of fused-ring (bicyclic) bond motifs is 1. The highest BCUT2D eigenvalue weighted by molar-refractivity contribution is 9.10. The van der Waals surface area contributed by atoms with Gasteiger partial charge in [0.05, 0.1) is 12.1 Å². The van der Waals surface area contributed by atoms with Gasteiger partial charge in [0.1, 0.15) is 0 Å². The Morgan fingerprint density at radius 3 is 2.94 bits per heavy atom. The minimum Gasteiger partial charge on any atom is -0.395 e. The van der Waals surface area contributed by atoms with Crippen LogP contribution in [-0.4, -0.2) is 35.2 Å². The van der Waals surface area contributed by atoms with Crippen molar-refractivity contribution in [1.82, 2.24) is 9.88 Å². The van der Waals surface area contributed by atoms with E-state index in [9.17, 15) is 0 Å². The molecule has 0 saturated heterocycles. The second kappa shape index (κ2) is 5.58. The molecule has 0 aliphatic rings. The summed E-state index contributed by atoms with van der Waals surface area (Å²) in [6.07, 6.45) is 1.81. The lowest BCUT2D eigenvalue weighted by atomic mass is 10.1. The number of hydrogen-bond acceptors (Lipinski definition) is 3. The fourth-order valence-corrected chi connectivity index (χ4v) is 2.32. The smallest absolute Gasteiger partial charge is 0.0758 e. The van der Waals surface area contributed by atoms with E-state index in [1.165, 1.54) is 5.56 Å². The average molecular weight is 295 g/mol. The van der Waals surface area contributed by atoms with E-state index in [2.05, 4.69) is 37.9 Å². The molecule has 0 atom stereocenters. The Hall–Kier alpha value is -0.970. The lowest BCUT2D eigenvalue weighted by Gasteiger charge is -2.16. The molecule has 0 spiro atoms. The molecule has 1 N–H and O–H groups in total. The van der Waals surface area contributed by atoms with E-state index in [0.29, 0.717) is 6.54 Å². The quantitative estimate of drug-likeness (QED) is 0.941. The molecule has 17 heavy (non-hydrogen) atoms. The van der Waals surface area contributed by atoms with E-state index in [1.54, 1.807) is 0 Å². The number of rotatable bonds is 4. The minimum atomic E-state index is 0.179. The van der Waals surface area contributed by atoms with Gasteiger partial charge in [0.15, 0.2) is 0 Å². The van der Waals surface area contributed by atoms with Crippen LogP contribution in [0.4, 0.5) is 0 Å². The monoisotopic (exact) mass is 294 g/mol. The van der Waals surface area contributed by atoms with E-state index in [-0.39, 0.29) is 6.61 Å². The highest BCUT2D eigenvalue weighted by Gasteiger charge is 2.07. The van der Waals surface area contributed by atoms with E-state index in [4.69, 9.17) is 5.11 Å². The van der Waals surface area contributed by atoms with Crippen molar-refractivity contribution in [3.05, 3.63) is 40.5 Å². The molecule has 0 radical (unpaired) electrons. The van der Waals surface area contributed by atoms with Gasteiger partial charge in [0.2, 0.25) is 0 Å². The van der Waals surface area contributed by atoms with Gasteiger partial charge in [0.25, 0.3) is 0 Å². The fourth-order valence-electron chi connectivity index (χ4n) is 1.86. The standard InChI is InChI=1S/C13H15BrN2O/c1-16(7-8-17)9-10-4-5-12(14)11-3-2-6-15-13(10)11/h2-6,17H,7-9H2,1H3. The van der Waals surface area contributed by atoms with E-state index < -0.39 is 0 Å². The van der Waals surface area contributed by atoms with Crippen LogP contribution >= 0.6 is 15.9 Å². The van der Waals surface area contributed by atoms with Crippen molar-refractivity contribution in [3.63, 3.8) is 0 Å². The van der Waals surface area contributed by atoms with Crippen LogP contribution < -0.4 is 0 Å². The van der Waals surface area contributed by atoms with Crippen LogP contribution in [0.5, 0.6) is 0 Å². The zero-order chi connectivity index (χ0) is 12.3. The first-order valence-electron chi connectivity index (χ1n) is 5.54. The maximum atomic E-state index is 8.91. The first-order valence-corrected chi connectivity index (χ1v) is 6.33. The number of halogens is 1. The maximum Gasteiger partial charge on any atom is 0.0758 e. The molecule has 0 saturated carbocycles. The van der Waals surface area contributed by atoms with Crippen LogP contribution in [0.25, 0.3) is 10.9 Å². The summed E-state index contributed by atoms with van der Waals surface area (Å²) in [6, 6.07) is 8.12. The zero-order valence-electron chi connectivity index (χ0n) is 9.73. The summed E-state index contributed by atoms with van der Waals surface area (Å²) in [5.74, 6) is 0. The second-order valence-electron chi connectivity index (χ2n) is 4.07. The maximum absolute atomic E-state index is 8.91. The van der Waals surface area contributed by atoms with E-state index in [0.717, 1.165) is 21.9 Å². The highest BCUT2D eigenvalue weighted by Crippen LogP contribution is 2.25. The molecule has 0 bridgehead atoms. The molecular formula is C13H15BrN2O. The normalized spacial score (nSPS) is 11.3. The SMILES string of the molecule is CN(CCO)Cc1ccc(Br)c2cccnc12. The van der Waals surface area contributed by atoms with Crippen molar-refractivity contribution in [2.75, 3.05) is 20.2 Å². The Balaban J connectivity index is 2.38. The van der Waals surface area contributed by atoms with Gasteiger partial charge >= 0.3 is 0 Å². The number of aromatic nitrogens is 1. The molecule has 4 heteroatoms. The van der Waals surface area contributed by atoms with Crippen LogP contribution in [0.1, 0.15) is 5.56 Å². The number of aliphatic hydroxyl groups excluding tert-OH is 1. The van der Waals surface area contributed by atoms with Crippen molar-refractivity contribution in [1.29, 1.82) is 0 Å². The van der Waals surface area contributed by atoms with Gasteiger partial charge in [-0.3, -0.25) is 9.88 Å². The molecule has 1 aromatic carbocycles. The number of benzene rings is 1. The lowest BCUT2D eigenvalue weighted by Crippen LogP contribution is -2.21. The summed E-state index contributed by atoms with van der Waals surface area (Å²) >= 11 is 3.53. The van der Waals surface area contributed by atoms with E-state index >= 15 is 0 Å². The van der Waals surface area contributed by atoms with Gasteiger partial charge in [-0.2, -0.15) is 0 Å². The van der Waals surface area contributed by atoms with Gasteiger partial charge in [-0.05, 0) is 24.7 Å². The molecular weight excluding hydrogens is 280 g/mol. The van der Waals surface area contributed by atoms with Crippen LogP contribution in [0.2, 0.25) is 0 Å². The third-order valence-electron chi connectivity index (χ3n) is 2.72. The largest absolute Gasteiger partial charge is 0.395 e. The Morgan fingerprint density at radius 1 is 1.35 bits per heavy atom. The van der Waals surface area contributed by atoms with Gasteiger partial charge in [-0.1, -0.05) is 28.1 Å². The summed E-state index contributed by atoms with van der Waals surface area (Å²) in [4.78, 5) is 6.52. The number of likely N-dealkylation sites (N-methyl/N-ethyl adjacent to an activating group) is 1. The third kappa shape index (κ3) is 2.83. The Morgan fingerprint density at radius 2 is 2.18 bits per heavy atom. The minimum absolute atomic E-state index is 0.179. The molecule has 0 fully saturated rings. The first kappa shape index (κ1) is 12.5. The number of hydrogen-bond donors (Lipinski definition) is 1. The number of aliphatic hydroxyl groups is 1. The molecule has 0 aliphatic carbocycles. The predicted molar refractivity (Wildman–Crippen MR) is 72.9 cm³/mol. The average Bonchev–Trinajstić information content (AvgIpc) is 2.34. The molecule has 0 aliphatic heterocycles. The third-order valence-corrected chi connectivity index (χ3v) is 3.41. The van der Waals surface area contributed by atoms with Crippen LogP contribution in [0, 0.1) is 0 Å². The van der Waals surface area contributed by atoms with Crippen molar-refractivity contribution in [3.8, 4) is 0 Å². The van der Waals surface area contributed by atoms with Crippen molar-refractivity contribution in [2.45, 2.75) is 6.54 Å². The number of pyridine rings is 1. The summed E-state index contributed by atoms with van der Waals surface area (Å²) in [7, 11) is 1.99. The summed E-state index contributed by atoms with van der Waals surface area (Å²) in [5, 5.41) is 10.0. The van der Waals surface area contributed by atoms with Crippen molar-refractivity contribution in [2.24, 2.45) is 0 Å². The molecule has 90 valence electrons. The lowest BCUT2D eigenvalue weighted by molar-refractivity contribution is 0.217. The fraction of sp³-hybridized carbons (Fsp3) is 0.308. The molecule has 1 heterocycles. The van der Waals surface area contributed by atoms with Gasteiger partial charge < -0.3 is 5.11 Å². The van der Waals surface area contributed by atoms with Gasteiger partial charge in [-0.15, -0.1) is 0 Å². The zero-order valence-corrected chi connectivity index (χ0v) is 11.3. The second-order valence-corrected chi connectivity index (χ2v) is 4.92. The molecule has 0 unspecified atom stereocenters. The highest BCUT2D eigenvalue weighted by atomic mass is 79.9. The Kier molecular flexibility index (Phi) is 4.10. The van der Waals surface area contributed by atoms with Crippen molar-refractivity contribution >= 4 is 26.8 Å². The number of nitrogens with zero attached hydrogens (tertiary/aromatic N) is 2. The molecule has 0 amide bonds. The topological polar surface area (TPSA) is 36.4 Å². The van der Waals surface area contributed by atoms with Crippen LogP contribution in [0.3, 0.4) is 0 Å². The van der Waals surface area contributed by atoms with Gasteiger partial charge in [-0.25, -0.2) is 0 Å². The van der Waals surface area contributed by atoms with Crippen LogP contribution in [-0.2, 0) is 6.54 Å². The van der Waals surface area contributed by atoms with Crippen LogP contribution in [0.15, 0.2) is 34.9 Å². The molecule has 2 rings (SSSR count). The summed E-state index contributed by atoms with van der Waals surface area (Å²) in [5.41, 5.74) is 2.20. The molecule has 2 aromatic rings. The Labute approximate surface area is 109 Å². The van der Waals surface area contributed by atoms with E-state index in [1.807, 2.05) is 25.4 Å². The summed E-state index contributed by atoms with van der Waals surface area (Å²) < 4.78 is 1.06.